The summed E-state index contributed by atoms with van der Waals surface area (Å²) in [5, 5.41) is 5.27. The number of para-hydroxylation sites is 1. The fourth-order valence-corrected chi connectivity index (χ4v) is 4.66. The molecule has 160 valence electrons. The molecule has 1 aliphatic heterocycles. The van der Waals surface area contributed by atoms with Gasteiger partial charge in [0.1, 0.15) is 11.5 Å². The number of halogens is 1. The molecule has 4 aromatic rings. The van der Waals surface area contributed by atoms with Crippen LogP contribution in [0.5, 0.6) is 5.75 Å². The van der Waals surface area contributed by atoms with Crippen molar-refractivity contribution in [2.75, 3.05) is 13.7 Å². The van der Waals surface area contributed by atoms with Crippen molar-refractivity contribution in [2.45, 2.75) is 18.9 Å². The number of hydrogen-bond donors (Lipinski definition) is 1. The lowest BCUT2D eigenvalue weighted by Gasteiger charge is -2.29. The molecule has 3 aromatic carbocycles. The Kier molecular flexibility index (Phi) is 5.32. The lowest BCUT2D eigenvalue weighted by atomic mass is 9.88. The van der Waals surface area contributed by atoms with Crippen molar-refractivity contribution in [1.29, 1.82) is 0 Å². The van der Waals surface area contributed by atoms with E-state index in [1.807, 2.05) is 54.6 Å². The molecule has 5 rings (SSSR count). The first-order chi connectivity index (χ1) is 15.7. The maximum Gasteiger partial charge on any atom is 0.156 e. The van der Waals surface area contributed by atoms with Gasteiger partial charge in [-0.05, 0) is 18.1 Å². The molecule has 2 heterocycles. The Morgan fingerprint density at radius 1 is 0.969 bits per heavy atom. The second kappa shape index (κ2) is 8.29. The van der Waals surface area contributed by atoms with Crippen LogP contribution in [0.3, 0.4) is 0 Å². The largest absolute Gasteiger partial charge is 0.494 e. The molecule has 0 saturated carbocycles. The van der Waals surface area contributed by atoms with Gasteiger partial charge in [-0.2, -0.15) is 0 Å². The smallest absolute Gasteiger partial charge is 0.156 e. The van der Waals surface area contributed by atoms with E-state index < -0.39 is 0 Å². The van der Waals surface area contributed by atoms with E-state index in [4.69, 9.17) is 26.3 Å². The van der Waals surface area contributed by atoms with Crippen molar-refractivity contribution in [3.05, 3.63) is 95.0 Å². The molecule has 0 fully saturated rings. The van der Waals surface area contributed by atoms with Gasteiger partial charge < -0.3 is 10.1 Å². The van der Waals surface area contributed by atoms with Crippen LogP contribution >= 0.6 is 11.6 Å². The summed E-state index contributed by atoms with van der Waals surface area (Å²) in [7, 11) is 1.68. The van der Waals surface area contributed by atoms with Crippen molar-refractivity contribution in [3.8, 4) is 17.0 Å². The summed E-state index contributed by atoms with van der Waals surface area (Å²) in [5.74, 6) is 1.50. The normalized spacial score (nSPS) is 17.8. The second-order valence-electron chi connectivity index (χ2n) is 7.96. The number of ether oxygens (including phenoxy) is 1. The molecule has 0 radical (unpaired) electrons. The maximum atomic E-state index is 6.61. The topological polar surface area (TPSA) is 46.5 Å². The zero-order valence-electron chi connectivity index (χ0n) is 18.1. The molecule has 1 aliphatic rings. The van der Waals surface area contributed by atoms with Crippen molar-refractivity contribution < 1.29 is 4.74 Å². The SMILES string of the molecule is CCC1(c2ccccc2)CN=C(c2c(OC)c(-c3ccccc3)nc3c(Cl)cccc23)N1. The van der Waals surface area contributed by atoms with Crippen LogP contribution in [0.25, 0.3) is 22.2 Å². The monoisotopic (exact) mass is 441 g/mol. The summed E-state index contributed by atoms with van der Waals surface area (Å²) in [6.45, 7) is 2.84. The van der Waals surface area contributed by atoms with E-state index in [0.29, 0.717) is 17.3 Å². The minimum atomic E-state index is -0.261. The molecule has 0 bridgehead atoms. The molecular formula is C27H24ClN3O. The van der Waals surface area contributed by atoms with Crippen molar-refractivity contribution in [2.24, 2.45) is 4.99 Å². The molecule has 1 atom stereocenters. The minimum absolute atomic E-state index is 0.261. The highest BCUT2D eigenvalue weighted by molar-refractivity contribution is 6.35. The Morgan fingerprint density at radius 2 is 1.69 bits per heavy atom. The van der Waals surface area contributed by atoms with Gasteiger partial charge in [-0.15, -0.1) is 0 Å². The van der Waals surface area contributed by atoms with Gasteiger partial charge in [0.15, 0.2) is 5.75 Å². The van der Waals surface area contributed by atoms with E-state index in [0.717, 1.165) is 40.0 Å². The summed E-state index contributed by atoms with van der Waals surface area (Å²) in [6.07, 6.45) is 0.904. The molecule has 0 saturated heterocycles. The number of aromatic nitrogens is 1. The third-order valence-electron chi connectivity index (χ3n) is 6.20. The fourth-order valence-electron chi connectivity index (χ4n) is 4.45. The quantitative estimate of drug-likeness (QED) is 0.400. The Labute approximate surface area is 192 Å². The lowest BCUT2D eigenvalue weighted by Crippen LogP contribution is -2.42. The van der Waals surface area contributed by atoms with E-state index >= 15 is 0 Å². The number of methoxy groups -OCH3 is 1. The Morgan fingerprint density at radius 3 is 2.38 bits per heavy atom. The molecule has 0 amide bonds. The van der Waals surface area contributed by atoms with Crippen LogP contribution in [0, 0.1) is 0 Å². The molecule has 5 heteroatoms. The van der Waals surface area contributed by atoms with Crippen molar-refractivity contribution in [1.82, 2.24) is 10.3 Å². The van der Waals surface area contributed by atoms with Crippen LogP contribution in [0.15, 0.2) is 83.9 Å². The van der Waals surface area contributed by atoms with Gasteiger partial charge >= 0.3 is 0 Å². The maximum absolute atomic E-state index is 6.61. The van der Waals surface area contributed by atoms with Crippen molar-refractivity contribution in [3.63, 3.8) is 0 Å². The molecular weight excluding hydrogens is 418 g/mol. The van der Waals surface area contributed by atoms with Gasteiger partial charge in [0.2, 0.25) is 0 Å². The van der Waals surface area contributed by atoms with Gasteiger partial charge in [0.25, 0.3) is 0 Å². The van der Waals surface area contributed by atoms with Crippen LogP contribution < -0.4 is 10.1 Å². The Bertz CT molecular complexity index is 1310. The summed E-state index contributed by atoms with van der Waals surface area (Å²) in [4.78, 5) is 9.91. The first-order valence-corrected chi connectivity index (χ1v) is 11.1. The predicted octanol–water partition coefficient (Wildman–Crippen LogP) is 6.22. The van der Waals surface area contributed by atoms with Crippen LogP contribution in [0.2, 0.25) is 5.02 Å². The molecule has 0 aliphatic carbocycles. The molecule has 4 nitrogen and oxygen atoms in total. The van der Waals surface area contributed by atoms with Gasteiger partial charge in [-0.3, -0.25) is 4.99 Å². The Hall–Kier alpha value is -3.37. The third-order valence-corrected chi connectivity index (χ3v) is 6.51. The molecule has 1 unspecified atom stereocenters. The second-order valence-corrected chi connectivity index (χ2v) is 8.37. The number of fused-ring (bicyclic) bond motifs is 1. The number of benzene rings is 3. The molecule has 32 heavy (non-hydrogen) atoms. The van der Waals surface area contributed by atoms with E-state index in [1.165, 1.54) is 5.56 Å². The van der Waals surface area contributed by atoms with Gasteiger partial charge in [0, 0.05) is 10.9 Å². The average molecular weight is 442 g/mol. The van der Waals surface area contributed by atoms with Gasteiger partial charge in [-0.1, -0.05) is 91.3 Å². The van der Waals surface area contributed by atoms with Gasteiger partial charge in [0.05, 0.1) is 35.3 Å². The number of pyridine rings is 1. The van der Waals surface area contributed by atoms with E-state index in [-0.39, 0.29) is 5.54 Å². The van der Waals surface area contributed by atoms with Crippen LogP contribution in [-0.2, 0) is 5.54 Å². The van der Waals surface area contributed by atoms with E-state index in [9.17, 15) is 0 Å². The number of amidine groups is 1. The summed E-state index contributed by atoms with van der Waals surface area (Å²) >= 11 is 6.61. The standard InChI is InChI=1S/C27H24ClN3O/c1-3-27(19-13-8-5-9-14-19)17-29-26(31-27)22-20-15-10-16-21(28)24(20)30-23(25(22)32-2)18-11-6-4-7-12-18/h4-16H,3,17H2,1-2H3,(H,29,31). The first-order valence-electron chi connectivity index (χ1n) is 10.8. The number of nitrogens with zero attached hydrogens (tertiary/aromatic N) is 2. The van der Waals surface area contributed by atoms with E-state index in [1.54, 1.807) is 7.11 Å². The minimum Gasteiger partial charge on any atom is -0.494 e. The molecule has 0 spiro atoms. The Balaban J connectivity index is 1.73. The predicted molar refractivity (Wildman–Crippen MR) is 132 cm³/mol. The lowest BCUT2D eigenvalue weighted by molar-refractivity contribution is 0.409. The van der Waals surface area contributed by atoms with Crippen LogP contribution in [0.4, 0.5) is 0 Å². The number of rotatable bonds is 5. The van der Waals surface area contributed by atoms with E-state index in [2.05, 4.69) is 36.5 Å². The zero-order valence-corrected chi connectivity index (χ0v) is 18.9. The average Bonchev–Trinajstić information content (AvgIpc) is 3.30. The number of nitrogens with one attached hydrogen (secondary N) is 1. The zero-order chi connectivity index (χ0) is 22.1. The highest BCUT2D eigenvalue weighted by Crippen LogP contribution is 2.40. The number of aliphatic imine (C=N–C) groups is 1. The molecule has 1 aromatic heterocycles. The molecule has 1 N–H and O–H groups in total. The van der Waals surface area contributed by atoms with Gasteiger partial charge in [-0.25, -0.2) is 4.98 Å². The highest BCUT2D eigenvalue weighted by atomic mass is 35.5. The van der Waals surface area contributed by atoms with Crippen LogP contribution in [-0.4, -0.2) is 24.5 Å². The third kappa shape index (κ3) is 3.32. The highest BCUT2D eigenvalue weighted by Gasteiger charge is 2.37. The number of hydrogen-bond acceptors (Lipinski definition) is 4. The van der Waals surface area contributed by atoms with Crippen LogP contribution in [0.1, 0.15) is 24.5 Å². The first kappa shape index (κ1) is 20.5. The fraction of sp³-hybridized carbons (Fsp3) is 0.185. The summed E-state index contributed by atoms with van der Waals surface area (Å²) in [6, 6.07) is 26.4. The van der Waals surface area contributed by atoms with Crippen molar-refractivity contribution >= 4 is 28.3 Å². The summed E-state index contributed by atoms with van der Waals surface area (Å²) < 4.78 is 5.97. The summed E-state index contributed by atoms with van der Waals surface area (Å²) in [5.41, 5.74) is 4.31.